The molecule has 1 saturated heterocycles. The van der Waals surface area contributed by atoms with Crippen LogP contribution in [-0.2, 0) is 4.79 Å². The summed E-state index contributed by atoms with van der Waals surface area (Å²) in [6.07, 6.45) is 2.09. The molecule has 2 rings (SSSR count). The first-order valence-corrected chi connectivity index (χ1v) is 6.91. The van der Waals surface area contributed by atoms with E-state index in [4.69, 9.17) is 10.00 Å². The lowest BCUT2D eigenvalue weighted by atomic mass is 10.1. The molecular weight excluding hydrogens is 254 g/mol. The van der Waals surface area contributed by atoms with Gasteiger partial charge in [0.05, 0.1) is 18.6 Å². The molecule has 0 bridgehead atoms. The van der Waals surface area contributed by atoms with Gasteiger partial charge in [-0.05, 0) is 31.5 Å². The second-order valence-electron chi connectivity index (χ2n) is 4.82. The van der Waals surface area contributed by atoms with Crippen molar-refractivity contribution in [3.63, 3.8) is 0 Å². The Morgan fingerprint density at radius 1 is 1.55 bits per heavy atom. The summed E-state index contributed by atoms with van der Waals surface area (Å²) in [5, 5.41) is 14.5. The van der Waals surface area contributed by atoms with Crippen molar-refractivity contribution in [2.75, 3.05) is 25.0 Å². The van der Waals surface area contributed by atoms with Crippen LogP contribution in [0.1, 0.15) is 19.3 Å². The van der Waals surface area contributed by atoms with Gasteiger partial charge in [0.2, 0.25) is 5.91 Å². The third-order valence-electron chi connectivity index (χ3n) is 3.23. The number of nitriles is 1. The van der Waals surface area contributed by atoms with Gasteiger partial charge in [0.1, 0.15) is 5.75 Å². The molecule has 1 aromatic rings. The first-order valence-electron chi connectivity index (χ1n) is 6.91. The van der Waals surface area contributed by atoms with Gasteiger partial charge in [-0.15, -0.1) is 0 Å². The van der Waals surface area contributed by atoms with Gasteiger partial charge in [-0.1, -0.05) is 6.07 Å². The number of nitrogens with one attached hydrogen (secondary N) is 2. The molecule has 2 N–H and O–H groups in total. The molecule has 1 aliphatic heterocycles. The number of unbranched alkanes of at least 4 members (excludes halogenated alkanes) is 1. The zero-order valence-electron chi connectivity index (χ0n) is 11.4. The summed E-state index contributed by atoms with van der Waals surface area (Å²) in [7, 11) is 0. The maximum Gasteiger partial charge on any atom is 0.228 e. The molecule has 1 aliphatic rings. The lowest BCUT2D eigenvalue weighted by Crippen LogP contribution is -2.24. The lowest BCUT2D eigenvalue weighted by Gasteiger charge is -2.11. The average Bonchev–Trinajstić information content (AvgIpc) is 2.98. The van der Waals surface area contributed by atoms with Crippen LogP contribution < -0.4 is 15.4 Å². The van der Waals surface area contributed by atoms with Crippen molar-refractivity contribution in [3.8, 4) is 11.8 Å². The first-order chi connectivity index (χ1) is 9.79. The van der Waals surface area contributed by atoms with Crippen molar-refractivity contribution in [3.05, 3.63) is 24.3 Å². The van der Waals surface area contributed by atoms with Crippen LogP contribution in [0.25, 0.3) is 0 Å². The number of rotatable bonds is 6. The van der Waals surface area contributed by atoms with Crippen molar-refractivity contribution < 1.29 is 9.53 Å². The molecule has 5 nitrogen and oxygen atoms in total. The molecule has 5 heteroatoms. The maximum absolute atomic E-state index is 12.0. The number of carbonyl (C=O) groups excluding carboxylic acids is 1. The number of ether oxygens (including phenoxy) is 1. The van der Waals surface area contributed by atoms with Gasteiger partial charge in [0.15, 0.2) is 0 Å². The number of nitrogens with zero attached hydrogens (tertiary/aromatic N) is 1. The van der Waals surface area contributed by atoms with Crippen LogP contribution >= 0.6 is 0 Å². The van der Waals surface area contributed by atoms with E-state index >= 15 is 0 Å². The molecule has 1 aromatic carbocycles. The Bertz CT molecular complexity index is 490. The summed E-state index contributed by atoms with van der Waals surface area (Å²) in [5.74, 6) is 0.817. The van der Waals surface area contributed by atoms with E-state index in [0.717, 1.165) is 25.2 Å². The molecule has 1 unspecified atom stereocenters. The van der Waals surface area contributed by atoms with Gasteiger partial charge in [-0.2, -0.15) is 5.26 Å². The molecule has 1 atom stereocenters. The van der Waals surface area contributed by atoms with Crippen molar-refractivity contribution in [2.24, 2.45) is 5.92 Å². The summed E-state index contributed by atoms with van der Waals surface area (Å²) >= 11 is 0. The van der Waals surface area contributed by atoms with E-state index in [1.165, 1.54) is 0 Å². The summed E-state index contributed by atoms with van der Waals surface area (Å²) in [6, 6.07) is 9.44. The summed E-state index contributed by atoms with van der Waals surface area (Å²) in [5.41, 5.74) is 0.750. The highest BCUT2D eigenvalue weighted by molar-refractivity contribution is 5.93. The number of hydrogen-bond acceptors (Lipinski definition) is 4. The first kappa shape index (κ1) is 14.4. The maximum atomic E-state index is 12.0. The second-order valence-corrected chi connectivity index (χ2v) is 4.82. The predicted octanol–water partition coefficient (Wildman–Crippen LogP) is 1.92. The molecule has 20 heavy (non-hydrogen) atoms. The van der Waals surface area contributed by atoms with E-state index < -0.39 is 0 Å². The Hall–Kier alpha value is -2.06. The van der Waals surface area contributed by atoms with Gasteiger partial charge in [0, 0.05) is 24.7 Å². The Balaban J connectivity index is 1.85. The minimum atomic E-state index is 0.0511. The van der Waals surface area contributed by atoms with Gasteiger partial charge in [-0.3, -0.25) is 4.79 Å². The van der Waals surface area contributed by atoms with E-state index in [1.807, 2.05) is 24.3 Å². The number of anilines is 1. The molecular formula is C15H19N3O2. The highest BCUT2D eigenvalue weighted by Crippen LogP contribution is 2.19. The van der Waals surface area contributed by atoms with E-state index in [0.29, 0.717) is 25.2 Å². The van der Waals surface area contributed by atoms with E-state index in [-0.39, 0.29) is 11.8 Å². The monoisotopic (exact) mass is 273 g/mol. The third-order valence-corrected chi connectivity index (χ3v) is 3.23. The largest absolute Gasteiger partial charge is 0.493 e. The molecule has 0 aromatic heterocycles. The van der Waals surface area contributed by atoms with Gasteiger partial charge in [0.25, 0.3) is 0 Å². The Morgan fingerprint density at radius 2 is 2.45 bits per heavy atom. The fraction of sp³-hybridized carbons (Fsp3) is 0.467. The minimum absolute atomic E-state index is 0.0511. The van der Waals surface area contributed by atoms with Crippen LogP contribution in [0.4, 0.5) is 5.69 Å². The van der Waals surface area contributed by atoms with Crippen molar-refractivity contribution >= 4 is 11.6 Å². The number of carbonyl (C=O) groups is 1. The zero-order chi connectivity index (χ0) is 14.2. The van der Waals surface area contributed by atoms with Gasteiger partial charge in [-0.25, -0.2) is 0 Å². The van der Waals surface area contributed by atoms with Crippen molar-refractivity contribution in [1.29, 1.82) is 5.26 Å². The smallest absolute Gasteiger partial charge is 0.228 e. The van der Waals surface area contributed by atoms with Crippen LogP contribution in [-0.4, -0.2) is 25.6 Å². The van der Waals surface area contributed by atoms with Gasteiger partial charge < -0.3 is 15.4 Å². The molecule has 1 amide bonds. The topological polar surface area (TPSA) is 74.1 Å². The standard InChI is InChI=1S/C15H19N3O2/c16-7-1-2-9-20-14-5-3-4-13(10-14)18-15(19)12-6-8-17-11-12/h3-5,10,12,17H,1-2,6,8-9,11H2,(H,18,19). The summed E-state index contributed by atoms with van der Waals surface area (Å²) in [6.45, 7) is 2.16. The molecule has 0 radical (unpaired) electrons. The number of amides is 1. The third kappa shape index (κ3) is 4.25. The van der Waals surface area contributed by atoms with Crippen molar-refractivity contribution in [2.45, 2.75) is 19.3 Å². The molecule has 0 spiro atoms. The van der Waals surface area contributed by atoms with Crippen LogP contribution in [0, 0.1) is 17.2 Å². The summed E-state index contributed by atoms with van der Waals surface area (Å²) < 4.78 is 5.54. The molecule has 1 heterocycles. The van der Waals surface area contributed by atoms with Crippen LogP contribution in [0.3, 0.4) is 0 Å². The fourth-order valence-corrected chi connectivity index (χ4v) is 2.13. The highest BCUT2D eigenvalue weighted by Gasteiger charge is 2.22. The Morgan fingerprint density at radius 3 is 3.20 bits per heavy atom. The molecule has 0 saturated carbocycles. The highest BCUT2D eigenvalue weighted by atomic mass is 16.5. The Kier molecular flexibility index (Phi) is 5.39. The lowest BCUT2D eigenvalue weighted by molar-refractivity contribution is -0.119. The van der Waals surface area contributed by atoms with E-state index in [2.05, 4.69) is 16.7 Å². The second kappa shape index (κ2) is 7.51. The minimum Gasteiger partial charge on any atom is -0.493 e. The van der Waals surface area contributed by atoms with Crippen LogP contribution in [0.15, 0.2) is 24.3 Å². The van der Waals surface area contributed by atoms with E-state index in [1.54, 1.807) is 0 Å². The van der Waals surface area contributed by atoms with Gasteiger partial charge >= 0.3 is 0 Å². The average molecular weight is 273 g/mol. The fourth-order valence-electron chi connectivity index (χ4n) is 2.13. The molecule has 106 valence electrons. The van der Waals surface area contributed by atoms with E-state index in [9.17, 15) is 4.79 Å². The predicted molar refractivity (Wildman–Crippen MR) is 76.4 cm³/mol. The quantitative estimate of drug-likeness (QED) is 0.777. The SMILES string of the molecule is N#CCCCOc1cccc(NC(=O)C2CCNC2)c1. The summed E-state index contributed by atoms with van der Waals surface area (Å²) in [4.78, 5) is 12.0. The number of benzene rings is 1. The Labute approximate surface area is 118 Å². The van der Waals surface area contributed by atoms with Crippen LogP contribution in [0.5, 0.6) is 5.75 Å². The normalized spacial score (nSPS) is 17.4. The molecule has 0 aliphatic carbocycles. The zero-order valence-corrected chi connectivity index (χ0v) is 11.4. The molecule has 1 fully saturated rings. The van der Waals surface area contributed by atoms with Crippen molar-refractivity contribution in [1.82, 2.24) is 5.32 Å². The number of hydrogen-bond donors (Lipinski definition) is 2. The van der Waals surface area contributed by atoms with Crippen LogP contribution in [0.2, 0.25) is 0 Å².